The number of nitrogens with zero attached hydrogens (tertiary/aromatic N) is 1. The van der Waals surface area contributed by atoms with E-state index in [1.165, 1.54) is 30.7 Å². The molecule has 0 aliphatic carbocycles. The standard InChI is InChI=1S/C12H10FNO3/c13-10-3-1-2-9(5-10)11(12(15)16)4-8-6-14-17-7-8/h1-3,5-7,11H,4H2,(H,15,16). The van der Waals surface area contributed by atoms with Crippen LogP contribution in [0, 0.1) is 5.82 Å². The van der Waals surface area contributed by atoms with Crippen LogP contribution in [0.25, 0.3) is 0 Å². The summed E-state index contributed by atoms with van der Waals surface area (Å²) in [5, 5.41) is 12.6. The first-order chi connectivity index (χ1) is 8.16. The molecule has 4 nitrogen and oxygen atoms in total. The third-order valence-corrected chi connectivity index (χ3v) is 2.47. The highest BCUT2D eigenvalue weighted by Crippen LogP contribution is 2.21. The first-order valence-corrected chi connectivity index (χ1v) is 5.03. The Morgan fingerprint density at radius 2 is 2.35 bits per heavy atom. The molecule has 2 rings (SSSR count). The maximum atomic E-state index is 13.0. The van der Waals surface area contributed by atoms with E-state index in [4.69, 9.17) is 5.11 Å². The second kappa shape index (κ2) is 4.78. The Hall–Kier alpha value is -2.17. The van der Waals surface area contributed by atoms with Crippen LogP contribution in [0.5, 0.6) is 0 Å². The summed E-state index contributed by atoms with van der Waals surface area (Å²) in [4.78, 5) is 11.2. The summed E-state index contributed by atoms with van der Waals surface area (Å²) in [6.07, 6.45) is 3.06. The van der Waals surface area contributed by atoms with Gasteiger partial charge in [-0.25, -0.2) is 4.39 Å². The second-order valence-electron chi connectivity index (χ2n) is 3.68. The van der Waals surface area contributed by atoms with Crippen LogP contribution in [-0.2, 0) is 11.2 Å². The van der Waals surface area contributed by atoms with E-state index in [9.17, 15) is 9.18 Å². The van der Waals surface area contributed by atoms with Crippen molar-refractivity contribution >= 4 is 5.97 Å². The topological polar surface area (TPSA) is 63.3 Å². The zero-order valence-electron chi connectivity index (χ0n) is 8.84. The molecule has 1 heterocycles. The van der Waals surface area contributed by atoms with Crippen LogP contribution >= 0.6 is 0 Å². The molecule has 1 atom stereocenters. The smallest absolute Gasteiger partial charge is 0.311 e. The molecule has 0 spiro atoms. The Kier molecular flexibility index (Phi) is 3.18. The number of carboxylic acid groups (broad SMARTS) is 1. The maximum Gasteiger partial charge on any atom is 0.311 e. The lowest BCUT2D eigenvalue weighted by molar-refractivity contribution is -0.138. The quantitative estimate of drug-likeness (QED) is 0.882. The largest absolute Gasteiger partial charge is 0.481 e. The van der Waals surface area contributed by atoms with Crippen molar-refractivity contribution in [2.24, 2.45) is 0 Å². The van der Waals surface area contributed by atoms with Gasteiger partial charge in [0.05, 0.1) is 12.1 Å². The molecule has 5 heteroatoms. The third kappa shape index (κ3) is 2.69. The van der Waals surface area contributed by atoms with Gasteiger partial charge in [-0.3, -0.25) is 4.79 Å². The van der Waals surface area contributed by atoms with Gasteiger partial charge in [-0.05, 0) is 24.1 Å². The number of aliphatic carboxylic acids is 1. The lowest BCUT2D eigenvalue weighted by atomic mass is 9.93. The van der Waals surface area contributed by atoms with E-state index in [-0.39, 0.29) is 6.42 Å². The summed E-state index contributed by atoms with van der Waals surface area (Å²) in [6, 6.07) is 5.59. The van der Waals surface area contributed by atoms with Crippen molar-refractivity contribution < 1.29 is 18.8 Å². The van der Waals surface area contributed by atoms with Gasteiger partial charge in [-0.2, -0.15) is 0 Å². The Labute approximate surface area is 96.7 Å². The summed E-state index contributed by atoms with van der Waals surface area (Å²) in [6.45, 7) is 0. The molecule has 0 aliphatic rings. The SMILES string of the molecule is O=C(O)C(Cc1cnoc1)c1cccc(F)c1. The highest BCUT2D eigenvalue weighted by molar-refractivity contribution is 5.76. The third-order valence-electron chi connectivity index (χ3n) is 2.47. The Morgan fingerprint density at radius 1 is 1.53 bits per heavy atom. The van der Waals surface area contributed by atoms with Crippen molar-refractivity contribution in [2.45, 2.75) is 12.3 Å². The van der Waals surface area contributed by atoms with E-state index in [0.29, 0.717) is 11.1 Å². The average molecular weight is 235 g/mol. The molecular formula is C12H10FNO3. The van der Waals surface area contributed by atoms with E-state index in [2.05, 4.69) is 9.68 Å². The molecule has 1 unspecified atom stereocenters. The molecule has 17 heavy (non-hydrogen) atoms. The number of aromatic nitrogens is 1. The van der Waals surface area contributed by atoms with Gasteiger partial charge in [0.15, 0.2) is 0 Å². The van der Waals surface area contributed by atoms with Crippen LogP contribution in [0.15, 0.2) is 41.2 Å². The van der Waals surface area contributed by atoms with Gasteiger partial charge >= 0.3 is 5.97 Å². The molecule has 0 amide bonds. The van der Waals surface area contributed by atoms with Gasteiger partial charge in [0.25, 0.3) is 0 Å². The van der Waals surface area contributed by atoms with E-state index in [0.717, 1.165) is 0 Å². The zero-order chi connectivity index (χ0) is 12.3. The number of rotatable bonds is 4. The van der Waals surface area contributed by atoms with Crippen molar-refractivity contribution in [3.05, 3.63) is 53.7 Å². The monoisotopic (exact) mass is 235 g/mol. The van der Waals surface area contributed by atoms with Crippen molar-refractivity contribution in [3.8, 4) is 0 Å². The van der Waals surface area contributed by atoms with E-state index in [1.54, 1.807) is 6.07 Å². The lowest BCUT2D eigenvalue weighted by Gasteiger charge is -2.11. The number of hydrogen-bond donors (Lipinski definition) is 1. The Morgan fingerprint density at radius 3 is 2.94 bits per heavy atom. The second-order valence-corrected chi connectivity index (χ2v) is 3.68. The maximum absolute atomic E-state index is 13.0. The van der Waals surface area contributed by atoms with Gasteiger partial charge in [-0.15, -0.1) is 0 Å². The van der Waals surface area contributed by atoms with Crippen LogP contribution in [-0.4, -0.2) is 16.2 Å². The molecule has 88 valence electrons. The predicted molar refractivity (Wildman–Crippen MR) is 57.0 cm³/mol. The number of hydrogen-bond acceptors (Lipinski definition) is 3. The summed E-state index contributed by atoms with van der Waals surface area (Å²) < 4.78 is 17.7. The van der Waals surface area contributed by atoms with Gasteiger partial charge < -0.3 is 9.63 Å². The van der Waals surface area contributed by atoms with Gasteiger partial charge in [0, 0.05) is 5.56 Å². The minimum atomic E-state index is -1.00. The molecule has 0 bridgehead atoms. The minimum Gasteiger partial charge on any atom is -0.481 e. The van der Waals surface area contributed by atoms with Gasteiger partial charge in [-0.1, -0.05) is 17.3 Å². The van der Waals surface area contributed by atoms with Crippen LogP contribution in [0.2, 0.25) is 0 Å². The van der Waals surface area contributed by atoms with Crippen molar-refractivity contribution in [3.63, 3.8) is 0 Å². The van der Waals surface area contributed by atoms with Crippen molar-refractivity contribution in [1.82, 2.24) is 5.16 Å². The van der Waals surface area contributed by atoms with E-state index >= 15 is 0 Å². The fourth-order valence-electron chi connectivity index (χ4n) is 1.63. The number of carboxylic acids is 1. The van der Waals surface area contributed by atoms with Crippen LogP contribution in [0.4, 0.5) is 4.39 Å². The summed E-state index contributed by atoms with van der Waals surface area (Å²) >= 11 is 0. The molecular weight excluding hydrogens is 225 g/mol. The van der Waals surface area contributed by atoms with E-state index in [1.807, 2.05) is 0 Å². The molecule has 1 aromatic heterocycles. The van der Waals surface area contributed by atoms with Crippen molar-refractivity contribution in [1.29, 1.82) is 0 Å². The van der Waals surface area contributed by atoms with Crippen LogP contribution in [0.1, 0.15) is 17.0 Å². The lowest BCUT2D eigenvalue weighted by Crippen LogP contribution is -2.14. The summed E-state index contributed by atoms with van der Waals surface area (Å²) in [5.74, 6) is -2.25. The average Bonchev–Trinajstić information content (AvgIpc) is 2.78. The first-order valence-electron chi connectivity index (χ1n) is 5.03. The van der Waals surface area contributed by atoms with Crippen LogP contribution in [0.3, 0.4) is 0 Å². The zero-order valence-corrected chi connectivity index (χ0v) is 8.84. The molecule has 2 aromatic rings. The molecule has 1 aromatic carbocycles. The number of halogens is 1. The minimum absolute atomic E-state index is 0.224. The van der Waals surface area contributed by atoms with Crippen molar-refractivity contribution in [2.75, 3.05) is 0 Å². The molecule has 0 saturated carbocycles. The summed E-state index contributed by atoms with van der Waals surface area (Å²) in [7, 11) is 0. The predicted octanol–water partition coefficient (Wildman–Crippen LogP) is 2.22. The number of carbonyl (C=O) groups is 1. The Balaban J connectivity index is 2.26. The first kappa shape index (κ1) is 11.3. The molecule has 0 aliphatic heterocycles. The van der Waals surface area contributed by atoms with Gasteiger partial charge in [0.2, 0.25) is 0 Å². The highest BCUT2D eigenvalue weighted by Gasteiger charge is 2.21. The van der Waals surface area contributed by atoms with Gasteiger partial charge in [0.1, 0.15) is 12.1 Å². The van der Waals surface area contributed by atoms with Crippen LogP contribution < -0.4 is 0 Å². The Bertz CT molecular complexity index is 510. The summed E-state index contributed by atoms with van der Waals surface area (Å²) in [5.41, 5.74) is 1.10. The molecule has 0 radical (unpaired) electrons. The fourth-order valence-corrected chi connectivity index (χ4v) is 1.63. The molecule has 0 fully saturated rings. The molecule has 1 N–H and O–H groups in total. The normalized spacial score (nSPS) is 12.3. The fraction of sp³-hybridized carbons (Fsp3) is 0.167. The van der Waals surface area contributed by atoms with E-state index < -0.39 is 17.7 Å². The highest BCUT2D eigenvalue weighted by atomic mass is 19.1. The molecule has 0 saturated heterocycles. The number of benzene rings is 1.